The molecule has 0 radical (unpaired) electrons. The SMILES string of the molecule is CCN(CC)S(=O)(=O)c1ccc2[nH]c(-c3ccc(OC)c(Cl)c3)c(C=O)c2c1. The number of aromatic amines is 1. The first-order valence-corrected chi connectivity index (χ1v) is 10.6. The fraction of sp³-hybridized carbons (Fsp3) is 0.250. The second-order valence-electron chi connectivity index (χ2n) is 6.18. The number of rotatable bonds is 7. The molecule has 6 nitrogen and oxygen atoms in total. The van der Waals surface area contributed by atoms with Crippen molar-refractivity contribution in [1.29, 1.82) is 0 Å². The highest BCUT2D eigenvalue weighted by Gasteiger charge is 2.23. The minimum atomic E-state index is -3.62. The first-order valence-electron chi connectivity index (χ1n) is 8.82. The minimum Gasteiger partial charge on any atom is -0.495 e. The number of nitrogens with zero attached hydrogens (tertiary/aromatic N) is 1. The quantitative estimate of drug-likeness (QED) is 0.576. The van der Waals surface area contributed by atoms with Crippen molar-refractivity contribution in [2.75, 3.05) is 20.2 Å². The molecule has 1 heterocycles. The second kappa shape index (κ2) is 7.95. The molecule has 8 heteroatoms. The Morgan fingerprint density at radius 1 is 1.14 bits per heavy atom. The molecule has 0 atom stereocenters. The number of sulfonamides is 1. The smallest absolute Gasteiger partial charge is 0.243 e. The lowest BCUT2D eigenvalue weighted by Crippen LogP contribution is -2.30. The molecule has 0 bridgehead atoms. The molecule has 3 aromatic rings. The summed E-state index contributed by atoms with van der Waals surface area (Å²) in [7, 11) is -2.10. The van der Waals surface area contributed by atoms with Crippen LogP contribution >= 0.6 is 11.6 Å². The lowest BCUT2D eigenvalue weighted by molar-refractivity contribution is 0.112. The Morgan fingerprint density at radius 3 is 2.43 bits per heavy atom. The number of aldehydes is 1. The maximum Gasteiger partial charge on any atom is 0.243 e. The van der Waals surface area contributed by atoms with E-state index in [0.717, 1.165) is 6.29 Å². The van der Waals surface area contributed by atoms with Gasteiger partial charge in [-0.15, -0.1) is 0 Å². The van der Waals surface area contributed by atoms with Crippen LogP contribution in [0.15, 0.2) is 41.3 Å². The van der Waals surface area contributed by atoms with Gasteiger partial charge in [0.2, 0.25) is 10.0 Å². The van der Waals surface area contributed by atoms with E-state index < -0.39 is 10.0 Å². The van der Waals surface area contributed by atoms with Gasteiger partial charge >= 0.3 is 0 Å². The van der Waals surface area contributed by atoms with Crippen molar-refractivity contribution in [3.63, 3.8) is 0 Å². The molecule has 0 saturated carbocycles. The molecule has 0 aliphatic heterocycles. The summed E-state index contributed by atoms with van der Waals surface area (Å²) in [5.41, 5.74) is 2.33. The molecule has 28 heavy (non-hydrogen) atoms. The van der Waals surface area contributed by atoms with E-state index in [9.17, 15) is 13.2 Å². The number of nitrogens with one attached hydrogen (secondary N) is 1. The average molecular weight is 421 g/mol. The highest BCUT2D eigenvalue weighted by molar-refractivity contribution is 7.89. The summed E-state index contributed by atoms with van der Waals surface area (Å²) >= 11 is 6.21. The highest BCUT2D eigenvalue weighted by Crippen LogP contribution is 2.35. The van der Waals surface area contributed by atoms with Gasteiger partial charge in [-0.2, -0.15) is 4.31 Å². The highest BCUT2D eigenvalue weighted by atomic mass is 35.5. The van der Waals surface area contributed by atoms with Crippen molar-refractivity contribution in [3.05, 3.63) is 47.0 Å². The lowest BCUT2D eigenvalue weighted by atomic mass is 10.1. The topological polar surface area (TPSA) is 79.5 Å². The number of methoxy groups -OCH3 is 1. The molecule has 2 aromatic carbocycles. The summed E-state index contributed by atoms with van der Waals surface area (Å²) in [5.74, 6) is 0.529. The van der Waals surface area contributed by atoms with Crippen LogP contribution in [-0.2, 0) is 10.0 Å². The van der Waals surface area contributed by atoms with Gasteiger partial charge in [0, 0.05) is 35.1 Å². The minimum absolute atomic E-state index is 0.158. The van der Waals surface area contributed by atoms with Gasteiger partial charge in [0.25, 0.3) is 0 Å². The number of hydrogen-bond donors (Lipinski definition) is 1. The van der Waals surface area contributed by atoms with Crippen LogP contribution in [-0.4, -0.2) is 44.2 Å². The number of fused-ring (bicyclic) bond motifs is 1. The van der Waals surface area contributed by atoms with Crippen LogP contribution in [0.4, 0.5) is 0 Å². The van der Waals surface area contributed by atoms with Gasteiger partial charge in [-0.05, 0) is 36.4 Å². The Kier molecular flexibility index (Phi) is 5.79. The van der Waals surface area contributed by atoms with Crippen LogP contribution < -0.4 is 4.74 Å². The summed E-state index contributed by atoms with van der Waals surface area (Å²) in [6.07, 6.45) is 0.722. The average Bonchev–Trinajstić information content (AvgIpc) is 3.06. The van der Waals surface area contributed by atoms with Crippen LogP contribution in [0.1, 0.15) is 24.2 Å². The number of aromatic nitrogens is 1. The van der Waals surface area contributed by atoms with Gasteiger partial charge in [-0.25, -0.2) is 8.42 Å². The van der Waals surface area contributed by atoms with Crippen molar-refractivity contribution in [1.82, 2.24) is 9.29 Å². The fourth-order valence-corrected chi connectivity index (χ4v) is 4.98. The third-order valence-electron chi connectivity index (χ3n) is 4.71. The summed E-state index contributed by atoms with van der Waals surface area (Å²) < 4.78 is 32.2. The number of H-pyrrole nitrogens is 1. The van der Waals surface area contributed by atoms with Gasteiger partial charge in [0.05, 0.1) is 22.7 Å². The number of carbonyl (C=O) groups is 1. The van der Waals surface area contributed by atoms with Crippen molar-refractivity contribution in [3.8, 4) is 17.0 Å². The molecule has 0 amide bonds. The second-order valence-corrected chi connectivity index (χ2v) is 8.52. The molecule has 0 aliphatic rings. The van der Waals surface area contributed by atoms with Crippen LogP contribution in [0.25, 0.3) is 22.2 Å². The Bertz CT molecular complexity index is 1130. The zero-order valence-electron chi connectivity index (χ0n) is 15.8. The van der Waals surface area contributed by atoms with E-state index in [-0.39, 0.29) is 4.90 Å². The molecule has 3 rings (SSSR count). The van der Waals surface area contributed by atoms with Gasteiger partial charge in [0.1, 0.15) is 5.75 Å². The Morgan fingerprint density at radius 2 is 1.86 bits per heavy atom. The number of ether oxygens (including phenoxy) is 1. The predicted molar refractivity (Wildman–Crippen MR) is 111 cm³/mol. The molecular formula is C20H21ClN2O4S. The summed E-state index contributed by atoms with van der Waals surface area (Å²) in [6, 6.07) is 9.96. The normalized spacial score (nSPS) is 11.9. The van der Waals surface area contributed by atoms with E-state index in [4.69, 9.17) is 16.3 Å². The maximum atomic E-state index is 12.8. The Hall–Kier alpha value is -2.35. The van der Waals surface area contributed by atoms with Gasteiger partial charge in [0.15, 0.2) is 6.29 Å². The Balaban J connectivity index is 2.18. The van der Waals surface area contributed by atoms with Crippen LogP contribution in [0.3, 0.4) is 0 Å². The van der Waals surface area contributed by atoms with E-state index in [2.05, 4.69) is 4.98 Å². The number of carbonyl (C=O) groups excluding carboxylic acids is 1. The number of halogens is 1. The molecular weight excluding hydrogens is 400 g/mol. The maximum absolute atomic E-state index is 12.8. The van der Waals surface area contributed by atoms with Crippen LogP contribution in [0, 0.1) is 0 Å². The molecule has 0 fully saturated rings. The summed E-state index contributed by atoms with van der Waals surface area (Å²) in [6.45, 7) is 4.33. The van der Waals surface area contributed by atoms with E-state index in [0.29, 0.717) is 51.6 Å². The Labute approximate surface area is 169 Å². The monoisotopic (exact) mass is 420 g/mol. The molecule has 148 valence electrons. The van der Waals surface area contributed by atoms with E-state index >= 15 is 0 Å². The first kappa shape index (κ1) is 20.4. The van der Waals surface area contributed by atoms with Crippen molar-refractivity contribution in [2.24, 2.45) is 0 Å². The summed E-state index contributed by atoms with van der Waals surface area (Å²) in [4.78, 5) is 15.2. The standard InChI is InChI=1S/C20H21ClN2O4S/c1-4-23(5-2)28(25,26)14-7-8-18-15(11-14)16(12-24)20(22-18)13-6-9-19(27-3)17(21)10-13/h6-12,22H,4-5H2,1-3H3. The van der Waals surface area contributed by atoms with E-state index in [1.165, 1.54) is 17.5 Å². The molecule has 0 unspecified atom stereocenters. The lowest BCUT2D eigenvalue weighted by Gasteiger charge is -2.18. The fourth-order valence-electron chi connectivity index (χ4n) is 3.24. The molecule has 1 N–H and O–H groups in total. The number of hydrogen-bond acceptors (Lipinski definition) is 4. The zero-order chi connectivity index (χ0) is 20.5. The number of benzene rings is 2. The van der Waals surface area contributed by atoms with Crippen molar-refractivity contribution < 1.29 is 17.9 Å². The van der Waals surface area contributed by atoms with Gasteiger partial charge < -0.3 is 9.72 Å². The van der Waals surface area contributed by atoms with Crippen LogP contribution in [0.5, 0.6) is 5.75 Å². The summed E-state index contributed by atoms with van der Waals surface area (Å²) in [5, 5.41) is 0.963. The third kappa shape index (κ3) is 3.41. The van der Waals surface area contributed by atoms with E-state index in [1.54, 1.807) is 44.2 Å². The first-order chi connectivity index (χ1) is 13.4. The van der Waals surface area contributed by atoms with Crippen LogP contribution in [0.2, 0.25) is 5.02 Å². The molecule has 0 aliphatic carbocycles. The molecule has 0 saturated heterocycles. The van der Waals surface area contributed by atoms with Gasteiger partial charge in [-0.1, -0.05) is 25.4 Å². The third-order valence-corrected chi connectivity index (χ3v) is 7.05. The van der Waals surface area contributed by atoms with E-state index in [1.807, 2.05) is 0 Å². The van der Waals surface area contributed by atoms with Gasteiger partial charge in [-0.3, -0.25) is 4.79 Å². The molecule has 1 aromatic heterocycles. The van der Waals surface area contributed by atoms with Crippen molar-refractivity contribution >= 4 is 38.8 Å². The predicted octanol–water partition coefficient (Wildman–Crippen LogP) is 4.34. The van der Waals surface area contributed by atoms with Crippen molar-refractivity contribution in [2.45, 2.75) is 18.7 Å². The molecule has 0 spiro atoms. The zero-order valence-corrected chi connectivity index (χ0v) is 17.4. The largest absolute Gasteiger partial charge is 0.495 e.